The van der Waals surface area contributed by atoms with Crippen LogP contribution < -0.4 is 5.32 Å². The van der Waals surface area contributed by atoms with Crippen LogP contribution in [0.1, 0.15) is 20.8 Å². The van der Waals surface area contributed by atoms with Gasteiger partial charge in [-0.15, -0.1) is 0 Å². The maximum absolute atomic E-state index is 10.6. The molecule has 1 rings (SSSR count). The molecule has 5 nitrogen and oxygen atoms in total. The van der Waals surface area contributed by atoms with Crippen molar-refractivity contribution in [1.29, 1.82) is 0 Å². The lowest BCUT2D eigenvalue weighted by Crippen LogP contribution is -2.34. The van der Waals surface area contributed by atoms with Crippen molar-refractivity contribution in [2.75, 3.05) is 25.0 Å². The number of likely N-dealkylation sites (N-methyl/N-ethyl adjacent to an activating group) is 1. The standard InChI is InChI=1S/C13H20ClN3O2/c1-4-16(10(2)3)8-7-15-13-6-5-11(17(18)19)9-12(13)14/h5-6,9-10,15H,4,7-8H2,1-3H3. The Morgan fingerprint density at radius 1 is 1.47 bits per heavy atom. The van der Waals surface area contributed by atoms with Crippen LogP contribution >= 0.6 is 11.6 Å². The number of nitrogens with zero attached hydrogens (tertiary/aromatic N) is 2. The molecule has 19 heavy (non-hydrogen) atoms. The molecule has 106 valence electrons. The molecule has 0 radical (unpaired) electrons. The number of rotatable bonds is 7. The summed E-state index contributed by atoms with van der Waals surface area (Å²) in [6, 6.07) is 4.96. The molecule has 6 heteroatoms. The third-order valence-corrected chi connectivity index (χ3v) is 3.33. The summed E-state index contributed by atoms with van der Waals surface area (Å²) in [5, 5.41) is 14.2. The molecule has 0 fully saturated rings. The summed E-state index contributed by atoms with van der Waals surface area (Å²) in [6.07, 6.45) is 0. The van der Waals surface area contributed by atoms with Gasteiger partial charge >= 0.3 is 0 Å². The van der Waals surface area contributed by atoms with Gasteiger partial charge in [-0.1, -0.05) is 18.5 Å². The molecular formula is C13H20ClN3O2. The van der Waals surface area contributed by atoms with Crippen molar-refractivity contribution in [2.24, 2.45) is 0 Å². The fraction of sp³-hybridized carbons (Fsp3) is 0.538. The highest BCUT2D eigenvalue weighted by Gasteiger charge is 2.10. The third kappa shape index (κ3) is 4.69. The van der Waals surface area contributed by atoms with E-state index in [1.54, 1.807) is 6.07 Å². The first kappa shape index (κ1) is 15.7. The second-order valence-electron chi connectivity index (χ2n) is 4.57. The maximum Gasteiger partial charge on any atom is 0.271 e. The predicted molar refractivity (Wildman–Crippen MR) is 79.0 cm³/mol. The van der Waals surface area contributed by atoms with Gasteiger partial charge in [-0.05, 0) is 26.5 Å². The molecule has 0 heterocycles. The van der Waals surface area contributed by atoms with Crippen LogP contribution in [0.4, 0.5) is 11.4 Å². The largest absolute Gasteiger partial charge is 0.383 e. The lowest BCUT2D eigenvalue weighted by atomic mass is 10.2. The van der Waals surface area contributed by atoms with Gasteiger partial charge < -0.3 is 5.32 Å². The lowest BCUT2D eigenvalue weighted by molar-refractivity contribution is -0.384. The average molecular weight is 286 g/mol. The fourth-order valence-corrected chi connectivity index (χ4v) is 2.12. The summed E-state index contributed by atoms with van der Waals surface area (Å²) >= 11 is 6.00. The van der Waals surface area contributed by atoms with Crippen LogP contribution in [0, 0.1) is 10.1 Å². The summed E-state index contributed by atoms with van der Waals surface area (Å²) < 4.78 is 0. The maximum atomic E-state index is 10.6. The molecule has 0 bridgehead atoms. The normalized spacial score (nSPS) is 11.1. The number of halogens is 1. The number of anilines is 1. The second-order valence-corrected chi connectivity index (χ2v) is 4.98. The molecule has 0 aliphatic rings. The second kappa shape index (κ2) is 7.31. The highest BCUT2D eigenvalue weighted by molar-refractivity contribution is 6.33. The molecule has 0 atom stereocenters. The van der Waals surface area contributed by atoms with Gasteiger partial charge in [-0.25, -0.2) is 0 Å². The average Bonchev–Trinajstić information content (AvgIpc) is 2.35. The summed E-state index contributed by atoms with van der Waals surface area (Å²) in [6.45, 7) is 9.09. The Morgan fingerprint density at radius 2 is 2.16 bits per heavy atom. The number of benzene rings is 1. The number of non-ortho nitro benzene ring substituents is 1. The molecule has 0 saturated heterocycles. The molecule has 0 unspecified atom stereocenters. The van der Waals surface area contributed by atoms with Crippen molar-refractivity contribution in [3.8, 4) is 0 Å². The van der Waals surface area contributed by atoms with Gasteiger partial charge in [0.15, 0.2) is 0 Å². The Balaban J connectivity index is 2.56. The highest BCUT2D eigenvalue weighted by Crippen LogP contribution is 2.26. The number of nitrogens with one attached hydrogen (secondary N) is 1. The Labute approximate surface area is 118 Å². The Kier molecular flexibility index (Phi) is 6.05. The van der Waals surface area contributed by atoms with Crippen LogP contribution in [0.25, 0.3) is 0 Å². The number of hydrogen-bond donors (Lipinski definition) is 1. The fourth-order valence-electron chi connectivity index (χ4n) is 1.88. The van der Waals surface area contributed by atoms with Crippen molar-refractivity contribution in [1.82, 2.24) is 4.90 Å². The molecule has 0 spiro atoms. The number of hydrogen-bond acceptors (Lipinski definition) is 4. The van der Waals surface area contributed by atoms with Gasteiger partial charge in [0.05, 0.1) is 15.6 Å². The zero-order chi connectivity index (χ0) is 14.4. The molecule has 1 N–H and O–H groups in total. The smallest absolute Gasteiger partial charge is 0.271 e. The molecule has 0 aliphatic heterocycles. The van der Waals surface area contributed by atoms with Gasteiger partial charge in [-0.3, -0.25) is 15.0 Å². The van der Waals surface area contributed by atoms with Crippen LogP contribution in [0.3, 0.4) is 0 Å². The first-order chi connectivity index (χ1) is 8.95. The molecule has 0 aliphatic carbocycles. The quantitative estimate of drug-likeness (QED) is 0.616. The van der Waals surface area contributed by atoms with Crippen LogP contribution in [-0.2, 0) is 0 Å². The summed E-state index contributed by atoms with van der Waals surface area (Å²) in [5.74, 6) is 0. The van der Waals surface area contributed by atoms with Crippen LogP contribution in [0.2, 0.25) is 5.02 Å². The number of nitro benzene ring substituents is 1. The number of nitro groups is 1. The van der Waals surface area contributed by atoms with Gasteiger partial charge in [0, 0.05) is 31.3 Å². The molecule has 1 aromatic carbocycles. The molecule has 0 saturated carbocycles. The summed E-state index contributed by atoms with van der Waals surface area (Å²) in [5.41, 5.74) is 0.736. The van der Waals surface area contributed by atoms with E-state index in [0.29, 0.717) is 11.1 Å². The summed E-state index contributed by atoms with van der Waals surface area (Å²) in [7, 11) is 0. The van der Waals surface area contributed by atoms with E-state index >= 15 is 0 Å². The zero-order valence-electron chi connectivity index (χ0n) is 11.5. The van der Waals surface area contributed by atoms with Gasteiger partial charge in [0.2, 0.25) is 0 Å². The van der Waals surface area contributed by atoms with E-state index in [1.807, 2.05) is 0 Å². The minimum absolute atomic E-state index is 0.00733. The SMILES string of the molecule is CCN(CCNc1ccc([N+](=O)[O-])cc1Cl)C(C)C. The minimum atomic E-state index is -0.451. The van der Waals surface area contributed by atoms with E-state index in [4.69, 9.17) is 11.6 Å². The van der Waals surface area contributed by atoms with E-state index in [1.165, 1.54) is 12.1 Å². The van der Waals surface area contributed by atoms with Crippen molar-refractivity contribution in [3.63, 3.8) is 0 Å². The first-order valence-corrected chi connectivity index (χ1v) is 6.75. The van der Waals surface area contributed by atoms with E-state index in [0.717, 1.165) is 25.3 Å². The molecular weight excluding hydrogens is 266 g/mol. The molecule has 1 aromatic rings. The molecule has 0 aromatic heterocycles. The first-order valence-electron chi connectivity index (χ1n) is 6.37. The van der Waals surface area contributed by atoms with Crippen molar-refractivity contribution >= 4 is 23.0 Å². The van der Waals surface area contributed by atoms with E-state index in [9.17, 15) is 10.1 Å². The van der Waals surface area contributed by atoms with Gasteiger partial charge in [0.1, 0.15) is 0 Å². The van der Waals surface area contributed by atoms with Gasteiger partial charge in [-0.2, -0.15) is 0 Å². The van der Waals surface area contributed by atoms with E-state index < -0.39 is 4.92 Å². The van der Waals surface area contributed by atoms with Gasteiger partial charge in [0.25, 0.3) is 5.69 Å². The summed E-state index contributed by atoms with van der Waals surface area (Å²) in [4.78, 5) is 12.5. The minimum Gasteiger partial charge on any atom is -0.383 e. The monoisotopic (exact) mass is 285 g/mol. The molecule has 0 amide bonds. The lowest BCUT2D eigenvalue weighted by Gasteiger charge is -2.25. The van der Waals surface area contributed by atoms with Crippen molar-refractivity contribution in [3.05, 3.63) is 33.3 Å². The van der Waals surface area contributed by atoms with Crippen LogP contribution in [-0.4, -0.2) is 35.5 Å². The van der Waals surface area contributed by atoms with E-state index in [-0.39, 0.29) is 5.69 Å². The zero-order valence-corrected chi connectivity index (χ0v) is 12.3. The Hall–Kier alpha value is -1.33. The highest BCUT2D eigenvalue weighted by atomic mass is 35.5. The van der Waals surface area contributed by atoms with Crippen molar-refractivity contribution < 1.29 is 4.92 Å². The van der Waals surface area contributed by atoms with Crippen molar-refractivity contribution in [2.45, 2.75) is 26.8 Å². The topological polar surface area (TPSA) is 58.4 Å². The third-order valence-electron chi connectivity index (χ3n) is 3.01. The van der Waals surface area contributed by atoms with Crippen LogP contribution in [0.5, 0.6) is 0 Å². The van der Waals surface area contributed by atoms with E-state index in [2.05, 4.69) is 31.0 Å². The van der Waals surface area contributed by atoms with Crippen LogP contribution in [0.15, 0.2) is 18.2 Å². The predicted octanol–water partition coefficient (Wildman–Crippen LogP) is 3.39. The Morgan fingerprint density at radius 3 is 2.63 bits per heavy atom. The Bertz CT molecular complexity index is 438.